The van der Waals surface area contributed by atoms with Gasteiger partial charge in [-0.3, -0.25) is 0 Å². The van der Waals surface area contributed by atoms with Gasteiger partial charge in [0, 0.05) is 6.20 Å². The lowest BCUT2D eigenvalue weighted by Crippen LogP contribution is -2.22. The van der Waals surface area contributed by atoms with Crippen molar-refractivity contribution < 1.29 is 14.9 Å². The van der Waals surface area contributed by atoms with Crippen LogP contribution in [-0.4, -0.2) is 39.5 Å². The summed E-state index contributed by atoms with van der Waals surface area (Å²) in [5.74, 6) is 0.304. The summed E-state index contributed by atoms with van der Waals surface area (Å²) in [6.45, 7) is 3.71. The van der Waals surface area contributed by atoms with Crippen LogP contribution in [0.5, 0.6) is 6.01 Å². The highest BCUT2D eigenvalue weighted by molar-refractivity contribution is 5.08. The minimum Gasteiger partial charge on any atom is -0.461 e. The van der Waals surface area contributed by atoms with Crippen LogP contribution in [0.1, 0.15) is 25.5 Å². The zero-order valence-electron chi connectivity index (χ0n) is 8.92. The van der Waals surface area contributed by atoms with Crippen LogP contribution in [0.3, 0.4) is 0 Å². The van der Waals surface area contributed by atoms with Crippen LogP contribution in [0.15, 0.2) is 12.3 Å². The molecule has 0 aliphatic carbocycles. The van der Waals surface area contributed by atoms with Crippen molar-refractivity contribution in [2.45, 2.75) is 25.9 Å². The molecule has 1 aromatic heterocycles. The Kier molecular flexibility index (Phi) is 4.45. The van der Waals surface area contributed by atoms with Crippen LogP contribution in [-0.2, 0) is 0 Å². The fourth-order valence-electron chi connectivity index (χ4n) is 0.968. The minimum absolute atomic E-state index is 0.00194. The maximum atomic E-state index is 9.07. The largest absolute Gasteiger partial charge is 0.461 e. The molecule has 0 bridgehead atoms. The monoisotopic (exact) mass is 212 g/mol. The van der Waals surface area contributed by atoms with Crippen molar-refractivity contribution in [1.29, 1.82) is 0 Å². The quantitative estimate of drug-likeness (QED) is 0.735. The molecule has 0 amide bonds. The highest BCUT2D eigenvalue weighted by atomic mass is 16.5. The van der Waals surface area contributed by atoms with Crippen LogP contribution in [0.25, 0.3) is 0 Å². The molecule has 1 rings (SSSR count). The second-order valence-electron chi connectivity index (χ2n) is 3.57. The smallest absolute Gasteiger partial charge is 0.316 e. The Hall–Kier alpha value is -1.20. The zero-order valence-corrected chi connectivity index (χ0v) is 8.92. The number of aliphatic hydroxyl groups is 2. The lowest BCUT2D eigenvalue weighted by molar-refractivity contribution is 0.0503. The summed E-state index contributed by atoms with van der Waals surface area (Å²) in [5.41, 5.74) is 0.887. The molecule has 0 aliphatic rings. The number of hydrogen-bond donors (Lipinski definition) is 2. The Morgan fingerprint density at radius 2 is 2.20 bits per heavy atom. The molecule has 2 N–H and O–H groups in total. The Bertz CT molecular complexity index is 304. The molecule has 1 atom stereocenters. The first kappa shape index (κ1) is 11.9. The van der Waals surface area contributed by atoms with Gasteiger partial charge in [0.2, 0.25) is 0 Å². The van der Waals surface area contributed by atoms with Crippen molar-refractivity contribution >= 4 is 0 Å². The van der Waals surface area contributed by atoms with Crippen LogP contribution in [0.2, 0.25) is 0 Å². The van der Waals surface area contributed by atoms with Gasteiger partial charge in [-0.2, -0.15) is 0 Å². The molecular formula is C10H16N2O3. The first-order chi connectivity index (χ1) is 7.13. The average Bonchev–Trinajstić information content (AvgIpc) is 2.26. The normalized spacial score (nSPS) is 12.9. The van der Waals surface area contributed by atoms with E-state index < -0.39 is 6.10 Å². The van der Waals surface area contributed by atoms with E-state index >= 15 is 0 Å². The zero-order chi connectivity index (χ0) is 11.3. The lowest BCUT2D eigenvalue weighted by atomic mass is 10.1. The molecule has 5 nitrogen and oxygen atoms in total. The van der Waals surface area contributed by atoms with Gasteiger partial charge in [0.15, 0.2) is 0 Å². The summed E-state index contributed by atoms with van der Waals surface area (Å²) in [7, 11) is 0. The second kappa shape index (κ2) is 5.63. The standard InChI is InChI=1S/C10H16N2O3/c1-7(2)9-3-4-11-10(12-9)15-6-8(14)5-13/h3-4,7-8,13-14H,5-6H2,1-2H3. The Balaban J connectivity index is 2.58. The Morgan fingerprint density at radius 1 is 1.47 bits per heavy atom. The van der Waals surface area contributed by atoms with E-state index in [4.69, 9.17) is 14.9 Å². The van der Waals surface area contributed by atoms with E-state index in [1.54, 1.807) is 6.20 Å². The third-order valence-electron chi connectivity index (χ3n) is 1.86. The molecule has 0 aliphatic heterocycles. The number of nitrogens with zero attached hydrogens (tertiary/aromatic N) is 2. The van der Waals surface area contributed by atoms with E-state index in [2.05, 4.69) is 9.97 Å². The first-order valence-electron chi connectivity index (χ1n) is 4.88. The molecule has 1 unspecified atom stereocenters. The molecule has 0 aromatic carbocycles. The van der Waals surface area contributed by atoms with Crippen molar-refractivity contribution in [1.82, 2.24) is 9.97 Å². The number of hydrogen-bond acceptors (Lipinski definition) is 5. The Morgan fingerprint density at radius 3 is 2.80 bits per heavy atom. The van der Waals surface area contributed by atoms with Gasteiger partial charge >= 0.3 is 6.01 Å². The van der Waals surface area contributed by atoms with E-state index in [1.165, 1.54) is 0 Å². The number of aromatic nitrogens is 2. The van der Waals surface area contributed by atoms with Crippen molar-refractivity contribution in [3.8, 4) is 6.01 Å². The van der Waals surface area contributed by atoms with Gasteiger partial charge in [-0.15, -0.1) is 0 Å². The van der Waals surface area contributed by atoms with E-state index in [1.807, 2.05) is 19.9 Å². The fraction of sp³-hybridized carbons (Fsp3) is 0.600. The predicted molar refractivity (Wildman–Crippen MR) is 54.7 cm³/mol. The van der Waals surface area contributed by atoms with Crippen molar-refractivity contribution in [2.75, 3.05) is 13.2 Å². The number of rotatable bonds is 5. The SMILES string of the molecule is CC(C)c1ccnc(OCC(O)CO)n1. The highest BCUT2D eigenvalue weighted by Gasteiger charge is 2.06. The molecule has 1 heterocycles. The minimum atomic E-state index is -0.892. The van der Waals surface area contributed by atoms with Gasteiger partial charge in [0.25, 0.3) is 0 Å². The van der Waals surface area contributed by atoms with Gasteiger partial charge in [-0.25, -0.2) is 9.97 Å². The van der Waals surface area contributed by atoms with Crippen molar-refractivity contribution in [2.24, 2.45) is 0 Å². The van der Waals surface area contributed by atoms with Gasteiger partial charge in [-0.1, -0.05) is 13.8 Å². The molecule has 0 radical (unpaired) electrons. The lowest BCUT2D eigenvalue weighted by Gasteiger charge is -2.09. The summed E-state index contributed by atoms with van der Waals surface area (Å²) in [6.07, 6.45) is 0.722. The molecule has 0 spiro atoms. The van der Waals surface area contributed by atoms with Crippen LogP contribution < -0.4 is 4.74 Å². The summed E-state index contributed by atoms with van der Waals surface area (Å²) in [6, 6.07) is 2.05. The van der Waals surface area contributed by atoms with Gasteiger partial charge in [0.05, 0.1) is 12.3 Å². The van der Waals surface area contributed by atoms with Crippen molar-refractivity contribution in [3.05, 3.63) is 18.0 Å². The predicted octanol–water partition coefficient (Wildman–Crippen LogP) is 0.332. The summed E-state index contributed by atoms with van der Waals surface area (Å²) in [5, 5.41) is 17.7. The third kappa shape index (κ3) is 3.81. The number of ether oxygens (including phenoxy) is 1. The summed E-state index contributed by atoms with van der Waals surface area (Å²) in [4.78, 5) is 8.05. The highest BCUT2D eigenvalue weighted by Crippen LogP contribution is 2.12. The third-order valence-corrected chi connectivity index (χ3v) is 1.86. The van der Waals surface area contributed by atoms with E-state index in [0.29, 0.717) is 5.92 Å². The van der Waals surface area contributed by atoms with Gasteiger partial charge in [-0.05, 0) is 12.0 Å². The maximum absolute atomic E-state index is 9.07. The van der Waals surface area contributed by atoms with Crippen molar-refractivity contribution in [3.63, 3.8) is 0 Å². The fourth-order valence-corrected chi connectivity index (χ4v) is 0.968. The van der Waals surface area contributed by atoms with Crippen LogP contribution >= 0.6 is 0 Å². The summed E-state index contributed by atoms with van der Waals surface area (Å²) < 4.78 is 5.12. The molecular weight excluding hydrogens is 196 g/mol. The molecule has 5 heteroatoms. The molecule has 0 saturated heterocycles. The molecule has 0 saturated carbocycles. The Labute approximate surface area is 88.8 Å². The maximum Gasteiger partial charge on any atom is 0.316 e. The number of aliphatic hydroxyl groups excluding tert-OH is 2. The molecule has 0 fully saturated rings. The van der Waals surface area contributed by atoms with E-state index in [0.717, 1.165) is 5.69 Å². The molecule has 15 heavy (non-hydrogen) atoms. The summed E-state index contributed by atoms with van der Waals surface area (Å²) >= 11 is 0. The molecule has 1 aromatic rings. The first-order valence-corrected chi connectivity index (χ1v) is 4.88. The van der Waals surface area contributed by atoms with E-state index in [9.17, 15) is 0 Å². The van der Waals surface area contributed by atoms with E-state index in [-0.39, 0.29) is 19.2 Å². The molecule has 84 valence electrons. The topological polar surface area (TPSA) is 75.5 Å². The average molecular weight is 212 g/mol. The van der Waals surface area contributed by atoms with Gasteiger partial charge in [0.1, 0.15) is 12.7 Å². The van der Waals surface area contributed by atoms with Gasteiger partial charge < -0.3 is 14.9 Å². The second-order valence-corrected chi connectivity index (χ2v) is 3.57. The van der Waals surface area contributed by atoms with Crippen LogP contribution in [0, 0.1) is 0 Å². The van der Waals surface area contributed by atoms with Crippen LogP contribution in [0.4, 0.5) is 0 Å².